The van der Waals surface area contributed by atoms with Crippen LogP contribution in [0.15, 0.2) is 0 Å². The van der Waals surface area contributed by atoms with Gasteiger partial charge < -0.3 is 4.74 Å². The van der Waals surface area contributed by atoms with Crippen molar-refractivity contribution < 1.29 is 9.53 Å². The van der Waals surface area contributed by atoms with Crippen molar-refractivity contribution in [3.63, 3.8) is 0 Å². The van der Waals surface area contributed by atoms with Gasteiger partial charge in [0.1, 0.15) is 0 Å². The summed E-state index contributed by atoms with van der Waals surface area (Å²) < 4.78 is 4.63. The van der Waals surface area contributed by atoms with Crippen LogP contribution in [0.2, 0.25) is 5.82 Å². The van der Waals surface area contributed by atoms with Crippen LogP contribution >= 0.6 is 0 Å². The lowest BCUT2D eigenvalue weighted by Gasteiger charge is -2.02. The average Bonchev–Trinajstić information content (AvgIpc) is 1.63. The Morgan fingerprint density at radius 3 is 2.67 bits per heavy atom. The van der Waals surface area contributed by atoms with E-state index in [1.54, 1.807) is 13.8 Å². The second-order valence-electron chi connectivity index (χ2n) is 1.99. The van der Waals surface area contributed by atoms with Crippen LogP contribution in [0.4, 0.5) is 0 Å². The van der Waals surface area contributed by atoms with Crippen molar-refractivity contribution in [3.8, 4) is 0 Å². The molecule has 0 aromatic heterocycles. The Hall–Kier alpha value is -0.465. The quantitative estimate of drug-likeness (QED) is 0.415. The molecule has 0 aliphatic heterocycles. The minimum Gasteiger partial charge on any atom is -0.466 e. The molecule has 0 aliphatic rings. The van der Waals surface area contributed by atoms with Crippen molar-refractivity contribution in [1.82, 2.24) is 0 Å². The fraction of sp³-hybridized carbons (Fsp3) is 0.833. The molecule has 0 aromatic carbocycles. The second-order valence-corrected chi connectivity index (χ2v) is 1.99. The van der Waals surface area contributed by atoms with Crippen molar-refractivity contribution in [3.05, 3.63) is 0 Å². The van der Waals surface area contributed by atoms with Crippen LogP contribution < -0.4 is 0 Å². The monoisotopic (exact) mass is 126 g/mol. The molecular weight excluding hydrogens is 115 g/mol. The van der Waals surface area contributed by atoms with Crippen LogP contribution in [-0.4, -0.2) is 20.4 Å². The summed E-state index contributed by atoms with van der Waals surface area (Å²) in [6.45, 7) is 3.99. The fourth-order valence-corrected chi connectivity index (χ4v) is 0.483. The van der Waals surface area contributed by atoms with Crippen molar-refractivity contribution >= 4 is 13.8 Å². The first-order valence-electron chi connectivity index (χ1n) is 3.08. The lowest BCUT2D eigenvalue weighted by Crippen LogP contribution is -2.05. The number of rotatable bonds is 3. The van der Waals surface area contributed by atoms with Gasteiger partial charge in [0.15, 0.2) is 0 Å². The van der Waals surface area contributed by atoms with E-state index >= 15 is 0 Å². The maximum absolute atomic E-state index is 10.6. The van der Waals surface area contributed by atoms with Crippen molar-refractivity contribution in [2.45, 2.75) is 26.1 Å². The average molecular weight is 126 g/mol. The SMILES string of the molecule is [B]C(C)CC(=O)OCC. The summed E-state index contributed by atoms with van der Waals surface area (Å²) in [6, 6.07) is 0. The van der Waals surface area contributed by atoms with Gasteiger partial charge in [0.05, 0.1) is 14.5 Å². The number of carbonyl (C=O) groups is 1. The molecule has 0 amide bonds. The minimum absolute atomic E-state index is 0.0935. The van der Waals surface area contributed by atoms with E-state index in [2.05, 4.69) is 4.74 Å². The van der Waals surface area contributed by atoms with E-state index in [1.807, 2.05) is 0 Å². The van der Waals surface area contributed by atoms with Gasteiger partial charge in [-0.2, -0.15) is 0 Å². The van der Waals surface area contributed by atoms with Crippen molar-refractivity contribution in [2.24, 2.45) is 0 Å². The molecule has 0 fully saturated rings. The highest BCUT2D eigenvalue weighted by Gasteiger charge is 2.02. The number of ether oxygens (including phenoxy) is 1. The lowest BCUT2D eigenvalue weighted by atomic mass is 9.87. The summed E-state index contributed by atoms with van der Waals surface area (Å²) in [5.74, 6) is -0.309. The third kappa shape index (κ3) is 5.41. The van der Waals surface area contributed by atoms with Crippen LogP contribution in [-0.2, 0) is 9.53 Å². The van der Waals surface area contributed by atoms with Crippen LogP contribution in [0.3, 0.4) is 0 Å². The zero-order valence-electron chi connectivity index (χ0n) is 5.89. The Morgan fingerprint density at radius 1 is 1.78 bits per heavy atom. The van der Waals surface area contributed by atoms with E-state index in [1.165, 1.54) is 0 Å². The Morgan fingerprint density at radius 2 is 2.33 bits per heavy atom. The molecular formula is C6H11BO2. The third-order valence-electron chi connectivity index (χ3n) is 0.794. The highest BCUT2D eigenvalue weighted by atomic mass is 16.5. The number of carbonyl (C=O) groups excluding carboxylic acids is 1. The highest BCUT2D eigenvalue weighted by molar-refractivity contribution is 6.12. The fourth-order valence-electron chi connectivity index (χ4n) is 0.483. The molecule has 0 N–H and O–H groups in total. The minimum atomic E-state index is -0.215. The summed E-state index contributed by atoms with van der Waals surface area (Å²) in [5, 5.41) is 0. The number of hydrogen-bond donors (Lipinski definition) is 0. The second kappa shape index (κ2) is 4.42. The molecule has 50 valence electrons. The summed E-state index contributed by atoms with van der Waals surface area (Å²) in [4.78, 5) is 10.6. The summed E-state index contributed by atoms with van der Waals surface area (Å²) >= 11 is 0. The zero-order valence-corrected chi connectivity index (χ0v) is 5.89. The van der Waals surface area contributed by atoms with E-state index in [4.69, 9.17) is 7.85 Å². The molecule has 3 heteroatoms. The molecule has 0 rings (SSSR count). The van der Waals surface area contributed by atoms with Crippen molar-refractivity contribution in [2.75, 3.05) is 6.61 Å². The summed E-state index contributed by atoms with van der Waals surface area (Å²) in [7, 11) is 5.32. The standard InChI is InChI=1S/C6H11BO2/c1-3-9-6(8)4-5(2)7/h5H,3-4H2,1-2H3. The molecule has 0 saturated heterocycles. The van der Waals surface area contributed by atoms with Gasteiger partial charge in [-0.05, 0) is 6.92 Å². The summed E-state index contributed by atoms with van der Waals surface area (Å²) in [5.41, 5.74) is 0. The van der Waals surface area contributed by atoms with Gasteiger partial charge in [0.2, 0.25) is 0 Å². The smallest absolute Gasteiger partial charge is 0.305 e. The van der Waals surface area contributed by atoms with Crippen LogP contribution in [0.5, 0.6) is 0 Å². The molecule has 2 radical (unpaired) electrons. The predicted molar refractivity (Wildman–Crippen MR) is 36.4 cm³/mol. The molecule has 9 heavy (non-hydrogen) atoms. The van der Waals surface area contributed by atoms with Gasteiger partial charge in [0.25, 0.3) is 0 Å². The Labute approximate surface area is 57.0 Å². The molecule has 0 aliphatic carbocycles. The van der Waals surface area contributed by atoms with Gasteiger partial charge in [-0.25, -0.2) is 0 Å². The van der Waals surface area contributed by atoms with Crippen LogP contribution in [0.25, 0.3) is 0 Å². The van der Waals surface area contributed by atoms with Gasteiger partial charge in [0, 0.05) is 6.42 Å². The predicted octanol–water partition coefficient (Wildman–Crippen LogP) is 0.916. The molecule has 0 heterocycles. The van der Waals surface area contributed by atoms with Crippen LogP contribution in [0.1, 0.15) is 20.3 Å². The Bertz CT molecular complexity index is 91.1. The lowest BCUT2D eigenvalue weighted by molar-refractivity contribution is -0.143. The van der Waals surface area contributed by atoms with E-state index in [0.717, 1.165) is 0 Å². The van der Waals surface area contributed by atoms with E-state index in [9.17, 15) is 4.79 Å². The van der Waals surface area contributed by atoms with E-state index in [0.29, 0.717) is 13.0 Å². The Balaban J connectivity index is 3.27. The van der Waals surface area contributed by atoms with Crippen LogP contribution in [0, 0.1) is 0 Å². The van der Waals surface area contributed by atoms with Gasteiger partial charge >= 0.3 is 5.97 Å². The molecule has 0 bridgehead atoms. The van der Waals surface area contributed by atoms with Gasteiger partial charge in [-0.1, -0.05) is 12.7 Å². The highest BCUT2D eigenvalue weighted by Crippen LogP contribution is 2.03. The van der Waals surface area contributed by atoms with Gasteiger partial charge in [-0.3, -0.25) is 4.79 Å². The zero-order chi connectivity index (χ0) is 7.28. The topological polar surface area (TPSA) is 26.3 Å². The third-order valence-corrected chi connectivity index (χ3v) is 0.794. The molecule has 0 aromatic rings. The van der Waals surface area contributed by atoms with E-state index < -0.39 is 0 Å². The largest absolute Gasteiger partial charge is 0.466 e. The first kappa shape index (κ1) is 8.53. The number of esters is 1. The van der Waals surface area contributed by atoms with Gasteiger partial charge in [-0.15, -0.1) is 0 Å². The number of hydrogen-bond acceptors (Lipinski definition) is 2. The first-order chi connectivity index (χ1) is 4.16. The molecule has 2 nitrogen and oxygen atoms in total. The first-order valence-corrected chi connectivity index (χ1v) is 3.08. The maximum atomic E-state index is 10.6. The van der Waals surface area contributed by atoms with E-state index in [-0.39, 0.29) is 11.8 Å². The Kier molecular flexibility index (Phi) is 4.19. The molecule has 1 atom stereocenters. The normalized spacial score (nSPS) is 12.7. The molecule has 0 saturated carbocycles. The van der Waals surface area contributed by atoms with Crippen molar-refractivity contribution in [1.29, 1.82) is 0 Å². The summed E-state index contributed by atoms with van der Waals surface area (Å²) in [6.07, 6.45) is 0.313. The maximum Gasteiger partial charge on any atom is 0.305 e. The molecule has 1 unspecified atom stereocenters. The molecule has 0 spiro atoms.